The highest BCUT2D eigenvalue weighted by molar-refractivity contribution is 5.82. The number of nitrogens with two attached hydrogens (primary N) is 2. The molecule has 150 valence electrons. The minimum absolute atomic E-state index is 0.0591. The molecule has 3 aromatic rings. The second-order valence-corrected chi connectivity index (χ2v) is 7.24. The first-order valence-corrected chi connectivity index (χ1v) is 9.81. The van der Waals surface area contributed by atoms with Gasteiger partial charge in [0.25, 0.3) is 0 Å². The third kappa shape index (κ3) is 4.25. The molecule has 0 unspecified atom stereocenters. The van der Waals surface area contributed by atoms with Crippen molar-refractivity contribution in [2.24, 2.45) is 5.73 Å². The number of primary amides is 1. The number of nitrogens with one attached hydrogen (secondary N) is 1. The molecule has 0 bridgehead atoms. The molecule has 1 aromatic heterocycles. The van der Waals surface area contributed by atoms with Gasteiger partial charge in [0.05, 0.1) is 18.2 Å². The van der Waals surface area contributed by atoms with Crippen LogP contribution in [0.15, 0.2) is 54.6 Å². The highest BCUT2D eigenvalue weighted by Crippen LogP contribution is 2.34. The average molecular weight is 391 g/mol. The van der Waals surface area contributed by atoms with Gasteiger partial charge in [-0.2, -0.15) is 5.10 Å². The van der Waals surface area contributed by atoms with Crippen molar-refractivity contribution in [1.82, 2.24) is 15.1 Å². The lowest BCUT2D eigenvalue weighted by Crippen LogP contribution is -2.32. The van der Waals surface area contributed by atoms with Crippen molar-refractivity contribution in [3.05, 3.63) is 60.2 Å². The molecule has 1 saturated heterocycles. The van der Waals surface area contributed by atoms with Gasteiger partial charge in [-0.25, -0.2) is 0 Å². The molecule has 1 aliphatic rings. The number of nitrogens with zero attached hydrogens (tertiary/aromatic N) is 2. The second-order valence-electron chi connectivity index (χ2n) is 7.24. The van der Waals surface area contributed by atoms with Crippen LogP contribution >= 0.6 is 0 Å². The summed E-state index contributed by atoms with van der Waals surface area (Å²) in [5.74, 6) is 1.43. The summed E-state index contributed by atoms with van der Waals surface area (Å²) in [6.07, 6.45) is 2.13. The Kier molecular flexibility index (Phi) is 5.48. The Balaban J connectivity index is 1.69. The maximum Gasteiger partial charge on any atom is 0.222 e. The monoisotopic (exact) mass is 391 g/mol. The number of carbonyl (C=O) groups excluding carboxylic acids is 1. The number of aromatic nitrogens is 2. The highest BCUT2D eigenvalue weighted by atomic mass is 16.5. The normalized spacial score (nSPS) is 16.5. The number of amides is 1. The second kappa shape index (κ2) is 8.36. The largest absolute Gasteiger partial charge is 0.457 e. The molecule has 2 aromatic carbocycles. The molecular weight excluding hydrogens is 366 g/mol. The van der Waals surface area contributed by atoms with Gasteiger partial charge in [-0.1, -0.05) is 18.2 Å². The number of rotatable bonds is 6. The predicted octanol–water partition coefficient (Wildman–Crippen LogP) is 2.88. The Morgan fingerprint density at radius 2 is 1.86 bits per heavy atom. The fourth-order valence-electron chi connectivity index (χ4n) is 3.75. The van der Waals surface area contributed by atoms with Crippen molar-refractivity contribution < 1.29 is 9.53 Å². The third-order valence-corrected chi connectivity index (χ3v) is 5.11. The molecule has 2 heterocycles. The van der Waals surface area contributed by atoms with Crippen molar-refractivity contribution in [3.8, 4) is 22.8 Å². The van der Waals surface area contributed by atoms with Gasteiger partial charge in [-0.05, 0) is 55.8 Å². The van der Waals surface area contributed by atoms with Gasteiger partial charge in [0, 0.05) is 17.7 Å². The number of piperidine rings is 1. The number of nitrogen functional groups attached to an aromatic ring is 1. The summed E-state index contributed by atoms with van der Waals surface area (Å²) in [4.78, 5) is 11.6. The van der Waals surface area contributed by atoms with Gasteiger partial charge in [-0.3, -0.25) is 9.48 Å². The summed E-state index contributed by atoms with van der Waals surface area (Å²) >= 11 is 0. The molecule has 0 saturated carbocycles. The van der Waals surface area contributed by atoms with Crippen LogP contribution in [0.4, 0.5) is 5.82 Å². The summed E-state index contributed by atoms with van der Waals surface area (Å²) < 4.78 is 7.84. The number of hydrogen-bond donors (Lipinski definition) is 3. The van der Waals surface area contributed by atoms with E-state index in [0.29, 0.717) is 11.4 Å². The first-order chi connectivity index (χ1) is 14.1. The minimum Gasteiger partial charge on any atom is -0.457 e. The Labute approximate surface area is 169 Å². The Morgan fingerprint density at radius 1 is 1.14 bits per heavy atom. The molecule has 4 rings (SSSR count). The summed E-state index contributed by atoms with van der Waals surface area (Å²) in [6.45, 7) is 1.82. The Bertz CT molecular complexity index is 976. The number of anilines is 1. The Morgan fingerprint density at radius 3 is 2.52 bits per heavy atom. The molecule has 0 aliphatic carbocycles. The first-order valence-electron chi connectivity index (χ1n) is 9.81. The minimum atomic E-state index is -0.427. The number of para-hydroxylation sites is 1. The number of carbonyl (C=O) groups is 1. The van der Waals surface area contributed by atoms with E-state index in [0.717, 1.165) is 48.7 Å². The van der Waals surface area contributed by atoms with Crippen LogP contribution in [0.1, 0.15) is 24.4 Å². The van der Waals surface area contributed by atoms with Crippen LogP contribution in [0, 0.1) is 0 Å². The number of benzene rings is 2. The molecular formula is C22H25N5O2. The highest BCUT2D eigenvalue weighted by Gasteiger charge is 2.25. The van der Waals surface area contributed by atoms with Gasteiger partial charge >= 0.3 is 0 Å². The molecule has 0 radical (unpaired) electrons. The predicted molar refractivity (Wildman–Crippen MR) is 113 cm³/mol. The van der Waals surface area contributed by atoms with E-state index >= 15 is 0 Å². The van der Waals surface area contributed by atoms with E-state index < -0.39 is 5.91 Å². The van der Waals surface area contributed by atoms with E-state index in [9.17, 15) is 4.79 Å². The van der Waals surface area contributed by atoms with Gasteiger partial charge in [0.2, 0.25) is 5.91 Å². The van der Waals surface area contributed by atoms with Gasteiger partial charge in [0.15, 0.2) is 0 Å². The van der Waals surface area contributed by atoms with Crippen molar-refractivity contribution in [3.63, 3.8) is 0 Å². The molecule has 5 N–H and O–H groups in total. The topological polar surface area (TPSA) is 108 Å². The zero-order valence-electron chi connectivity index (χ0n) is 16.2. The fourth-order valence-corrected chi connectivity index (χ4v) is 3.75. The van der Waals surface area contributed by atoms with E-state index in [1.54, 1.807) is 0 Å². The average Bonchev–Trinajstić information content (AvgIpc) is 3.06. The van der Waals surface area contributed by atoms with Gasteiger partial charge < -0.3 is 21.5 Å². The van der Waals surface area contributed by atoms with Crippen molar-refractivity contribution in [1.29, 1.82) is 0 Å². The number of hydrogen-bond acceptors (Lipinski definition) is 5. The van der Waals surface area contributed by atoms with E-state index in [4.69, 9.17) is 16.2 Å². The first kappa shape index (κ1) is 19.0. The molecule has 1 aliphatic heterocycles. The van der Waals surface area contributed by atoms with E-state index in [2.05, 4.69) is 10.4 Å². The smallest absolute Gasteiger partial charge is 0.222 e. The molecule has 1 atom stereocenters. The van der Waals surface area contributed by atoms with E-state index in [1.165, 1.54) is 0 Å². The molecule has 7 heteroatoms. The van der Waals surface area contributed by atoms with Crippen LogP contribution < -0.4 is 21.5 Å². The fraction of sp³-hybridized carbons (Fsp3) is 0.273. The quantitative estimate of drug-likeness (QED) is 0.599. The standard InChI is InChI=1S/C22H25N5O2/c23-20(28)13-19-21(27(26-22(19)24)16-5-4-12-25-14-16)15-8-10-18(11-9-15)29-17-6-2-1-3-7-17/h1-3,6-11,16,25H,4-5,12-14H2,(H2,23,28)(H2,24,26)/t16-/m1/s1. The lowest BCUT2D eigenvalue weighted by molar-refractivity contribution is -0.117. The summed E-state index contributed by atoms with van der Waals surface area (Å²) in [5.41, 5.74) is 14.1. The van der Waals surface area contributed by atoms with Crippen LogP contribution in [0.5, 0.6) is 11.5 Å². The van der Waals surface area contributed by atoms with E-state index in [1.807, 2.05) is 59.3 Å². The molecule has 1 fully saturated rings. The van der Waals surface area contributed by atoms with Crippen LogP contribution in [0.3, 0.4) is 0 Å². The Hall–Kier alpha value is -3.32. The van der Waals surface area contributed by atoms with Crippen molar-refractivity contribution in [2.75, 3.05) is 18.8 Å². The summed E-state index contributed by atoms with van der Waals surface area (Å²) in [7, 11) is 0. The molecule has 1 amide bonds. The van der Waals surface area contributed by atoms with Crippen LogP contribution in [0.2, 0.25) is 0 Å². The van der Waals surface area contributed by atoms with E-state index in [-0.39, 0.29) is 12.5 Å². The lowest BCUT2D eigenvalue weighted by Gasteiger charge is -2.25. The maximum atomic E-state index is 11.6. The SMILES string of the molecule is NC(=O)Cc1c(N)nn([C@@H]2CCCNC2)c1-c1ccc(Oc2ccccc2)cc1. The molecule has 29 heavy (non-hydrogen) atoms. The van der Waals surface area contributed by atoms with Gasteiger partial charge in [-0.15, -0.1) is 0 Å². The summed E-state index contributed by atoms with van der Waals surface area (Å²) in [5, 5.41) is 7.97. The van der Waals surface area contributed by atoms with Crippen LogP contribution in [0.25, 0.3) is 11.3 Å². The zero-order valence-corrected chi connectivity index (χ0v) is 16.2. The van der Waals surface area contributed by atoms with Crippen LogP contribution in [-0.2, 0) is 11.2 Å². The van der Waals surface area contributed by atoms with Gasteiger partial charge in [0.1, 0.15) is 17.3 Å². The molecule has 0 spiro atoms. The van der Waals surface area contributed by atoms with Crippen molar-refractivity contribution >= 4 is 11.7 Å². The molecule has 7 nitrogen and oxygen atoms in total. The van der Waals surface area contributed by atoms with Crippen LogP contribution in [-0.4, -0.2) is 28.8 Å². The third-order valence-electron chi connectivity index (χ3n) is 5.11. The number of ether oxygens (including phenoxy) is 1. The maximum absolute atomic E-state index is 11.6. The lowest BCUT2D eigenvalue weighted by atomic mass is 10.0. The zero-order chi connectivity index (χ0) is 20.2. The summed E-state index contributed by atoms with van der Waals surface area (Å²) in [6, 6.07) is 17.5. The van der Waals surface area contributed by atoms with Crippen molar-refractivity contribution in [2.45, 2.75) is 25.3 Å².